The zero-order chi connectivity index (χ0) is 10.5. The van der Waals surface area contributed by atoms with Gasteiger partial charge in [-0.3, -0.25) is 0 Å². The predicted octanol–water partition coefficient (Wildman–Crippen LogP) is 2.77. The van der Waals surface area contributed by atoms with E-state index in [9.17, 15) is 0 Å². The van der Waals surface area contributed by atoms with Gasteiger partial charge >= 0.3 is 0 Å². The molecule has 0 atom stereocenters. The van der Waals surface area contributed by atoms with Gasteiger partial charge in [0, 0.05) is 13.1 Å². The highest BCUT2D eigenvalue weighted by molar-refractivity contribution is 5.13. The van der Waals surface area contributed by atoms with Crippen LogP contribution in [-0.4, -0.2) is 18.0 Å². The fourth-order valence-corrected chi connectivity index (χ4v) is 1.80. The normalized spacial score (nSPS) is 15.3. The van der Waals surface area contributed by atoms with Gasteiger partial charge in [0.25, 0.3) is 0 Å². The van der Waals surface area contributed by atoms with Crippen LogP contribution in [-0.2, 0) is 11.3 Å². The number of likely N-dealkylation sites (tertiary alicyclic amines) is 1. The Morgan fingerprint density at radius 3 is 2.53 bits per heavy atom. The number of hydrogen-bond donors (Lipinski definition) is 0. The van der Waals surface area contributed by atoms with Crippen LogP contribution in [0.25, 0.3) is 0 Å². The summed E-state index contributed by atoms with van der Waals surface area (Å²) in [5.74, 6) is 0.816. The van der Waals surface area contributed by atoms with Crippen molar-refractivity contribution in [1.82, 2.24) is 4.90 Å². The van der Waals surface area contributed by atoms with Crippen molar-refractivity contribution in [2.75, 3.05) is 13.1 Å². The Kier molecular flexibility index (Phi) is 3.28. The lowest BCUT2D eigenvalue weighted by Gasteiger charge is -2.20. The van der Waals surface area contributed by atoms with Crippen molar-refractivity contribution >= 4 is 0 Å². The summed E-state index contributed by atoms with van der Waals surface area (Å²) in [4.78, 5) is 2.21. The lowest BCUT2D eigenvalue weighted by atomic mass is 10.2. The van der Waals surface area contributed by atoms with Gasteiger partial charge in [-0.25, -0.2) is 0 Å². The van der Waals surface area contributed by atoms with E-state index in [4.69, 9.17) is 4.74 Å². The number of benzene rings is 1. The van der Waals surface area contributed by atoms with Crippen molar-refractivity contribution < 1.29 is 4.74 Å². The highest BCUT2D eigenvalue weighted by Crippen LogP contribution is 2.15. The largest absolute Gasteiger partial charge is 0.475 e. The summed E-state index contributed by atoms with van der Waals surface area (Å²) in [5, 5.41) is 0. The third-order valence-corrected chi connectivity index (χ3v) is 2.71. The monoisotopic (exact) mass is 203 g/mol. The van der Waals surface area contributed by atoms with Gasteiger partial charge in [-0.2, -0.15) is 0 Å². The van der Waals surface area contributed by atoms with E-state index in [0.717, 1.165) is 19.0 Å². The summed E-state index contributed by atoms with van der Waals surface area (Å²) in [6.07, 6.45) is 2.52. The summed E-state index contributed by atoms with van der Waals surface area (Å²) in [6.45, 7) is 6.76. The van der Waals surface area contributed by atoms with E-state index >= 15 is 0 Å². The molecule has 0 unspecified atom stereocenters. The number of ether oxygens (including phenoxy) is 1. The molecule has 0 amide bonds. The molecule has 15 heavy (non-hydrogen) atoms. The van der Waals surface area contributed by atoms with E-state index < -0.39 is 0 Å². The van der Waals surface area contributed by atoms with Crippen LogP contribution in [0, 0.1) is 0 Å². The standard InChI is InChI=1S/C13H17NO/c1-12(14-9-5-6-10-14)15-11-13-7-3-2-4-8-13/h2-4,7-8H,1,5-6,9-11H2. The molecule has 0 aliphatic carbocycles. The first kappa shape index (κ1) is 10.1. The van der Waals surface area contributed by atoms with Crippen molar-refractivity contribution in [3.63, 3.8) is 0 Å². The van der Waals surface area contributed by atoms with Crippen molar-refractivity contribution in [3.8, 4) is 0 Å². The molecule has 2 nitrogen and oxygen atoms in total. The van der Waals surface area contributed by atoms with E-state index in [2.05, 4.69) is 23.6 Å². The molecule has 2 rings (SSSR count). The second kappa shape index (κ2) is 4.87. The van der Waals surface area contributed by atoms with Crippen molar-refractivity contribution in [2.24, 2.45) is 0 Å². The minimum absolute atomic E-state index is 0.621. The van der Waals surface area contributed by atoms with Crippen molar-refractivity contribution in [3.05, 3.63) is 48.4 Å². The molecule has 0 spiro atoms. The molecular weight excluding hydrogens is 186 g/mol. The van der Waals surface area contributed by atoms with Gasteiger partial charge < -0.3 is 9.64 Å². The summed E-state index contributed by atoms with van der Waals surface area (Å²) < 4.78 is 5.64. The third kappa shape index (κ3) is 2.75. The minimum atomic E-state index is 0.621. The molecule has 1 aliphatic heterocycles. The molecule has 1 saturated heterocycles. The maximum absolute atomic E-state index is 5.64. The number of nitrogens with zero attached hydrogens (tertiary/aromatic N) is 1. The molecule has 1 aromatic carbocycles. The Bertz CT molecular complexity index is 315. The molecule has 0 bridgehead atoms. The SMILES string of the molecule is C=C(OCc1ccccc1)N1CCCC1. The van der Waals surface area contributed by atoms with E-state index in [-0.39, 0.29) is 0 Å². The van der Waals surface area contributed by atoms with Gasteiger partial charge in [0.1, 0.15) is 6.61 Å². The fourth-order valence-electron chi connectivity index (χ4n) is 1.80. The fraction of sp³-hybridized carbons (Fsp3) is 0.385. The summed E-state index contributed by atoms with van der Waals surface area (Å²) in [6, 6.07) is 10.2. The zero-order valence-electron chi connectivity index (χ0n) is 8.98. The first-order valence-corrected chi connectivity index (χ1v) is 5.47. The van der Waals surface area contributed by atoms with Gasteiger partial charge in [0.05, 0.1) is 0 Å². The molecule has 0 saturated carbocycles. The predicted molar refractivity (Wildman–Crippen MR) is 61.2 cm³/mol. The minimum Gasteiger partial charge on any atom is -0.475 e. The van der Waals surface area contributed by atoms with Crippen LogP contribution < -0.4 is 0 Å². The Hall–Kier alpha value is -1.44. The average molecular weight is 203 g/mol. The molecule has 1 fully saturated rings. The Morgan fingerprint density at radius 1 is 1.20 bits per heavy atom. The maximum atomic E-state index is 5.64. The highest BCUT2D eigenvalue weighted by Gasteiger charge is 2.13. The van der Waals surface area contributed by atoms with Crippen LogP contribution in [0.5, 0.6) is 0 Å². The molecule has 1 heterocycles. The van der Waals surface area contributed by atoms with Crippen LogP contribution >= 0.6 is 0 Å². The Balaban J connectivity index is 1.80. The van der Waals surface area contributed by atoms with Crippen molar-refractivity contribution in [1.29, 1.82) is 0 Å². The van der Waals surface area contributed by atoms with Crippen LogP contribution in [0.15, 0.2) is 42.8 Å². The molecule has 0 N–H and O–H groups in total. The Labute approximate surface area is 91.2 Å². The van der Waals surface area contributed by atoms with Crippen LogP contribution in [0.2, 0.25) is 0 Å². The molecule has 1 aromatic rings. The molecule has 0 aromatic heterocycles. The number of rotatable bonds is 4. The van der Waals surface area contributed by atoms with E-state index in [1.807, 2.05) is 18.2 Å². The molecule has 80 valence electrons. The molecule has 0 radical (unpaired) electrons. The van der Waals surface area contributed by atoms with Gasteiger partial charge in [0.2, 0.25) is 0 Å². The van der Waals surface area contributed by atoms with Crippen LogP contribution in [0.4, 0.5) is 0 Å². The van der Waals surface area contributed by atoms with E-state index in [0.29, 0.717) is 6.61 Å². The maximum Gasteiger partial charge on any atom is 0.182 e. The first-order valence-electron chi connectivity index (χ1n) is 5.47. The zero-order valence-corrected chi connectivity index (χ0v) is 8.98. The summed E-state index contributed by atoms with van der Waals surface area (Å²) >= 11 is 0. The second-order valence-corrected chi connectivity index (χ2v) is 3.86. The van der Waals surface area contributed by atoms with Gasteiger partial charge in [-0.15, -0.1) is 0 Å². The smallest absolute Gasteiger partial charge is 0.182 e. The quantitative estimate of drug-likeness (QED) is 0.698. The topological polar surface area (TPSA) is 12.5 Å². The third-order valence-electron chi connectivity index (χ3n) is 2.71. The van der Waals surface area contributed by atoms with E-state index in [1.165, 1.54) is 18.4 Å². The highest BCUT2D eigenvalue weighted by atomic mass is 16.5. The average Bonchev–Trinajstić information content (AvgIpc) is 2.81. The lowest BCUT2D eigenvalue weighted by molar-refractivity contribution is 0.117. The number of hydrogen-bond acceptors (Lipinski definition) is 2. The second-order valence-electron chi connectivity index (χ2n) is 3.86. The van der Waals surface area contributed by atoms with Gasteiger partial charge in [-0.1, -0.05) is 30.3 Å². The lowest BCUT2D eigenvalue weighted by Crippen LogP contribution is -2.19. The van der Waals surface area contributed by atoms with Gasteiger partial charge in [-0.05, 0) is 25.0 Å². The van der Waals surface area contributed by atoms with Gasteiger partial charge in [0.15, 0.2) is 5.88 Å². The van der Waals surface area contributed by atoms with E-state index in [1.54, 1.807) is 0 Å². The summed E-state index contributed by atoms with van der Waals surface area (Å²) in [5.41, 5.74) is 1.19. The Morgan fingerprint density at radius 2 is 1.87 bits per heavy atom. The first-order chi connectivity index (χ1) is 7.36. The molecular formula is C13H17NO. The summed E-state index contributed by atoms with van der Waals surface area (Å²) in [7, 11) is 0. The van der Waals surface area contributed by atoms with Crippen LogP contribution in [0.3, 0.4) is 0 Å². The molecule has 2 heteroatoms. The molecule has 1 aliphatic rings. The van der Waals surface area contributed by atoms with Crippen molar-refractivity contribution in [2.45, 2.75) is 19.4 Å². The van der Waals surface area contributed by atoms with Crippen LogP contribution in [0.1, 0.15) is 18.4 Å².